The van der Waals surface area contributed by atoms with Gasteiger partial charge in [-0.2, -0.15) is 0 Å². The number of rotatable bonds is 12. The number of fused-ring (bicyclic) bond motifs is 1. The van der Waals surface area contributed by atoms with E-state index in [4.69, 9.17) is 4.74 Å². The molecule has 2 heterocycles. The third kappa shape index (κ3) is 7.85. The molecule has 5 rings (SSSR count). The first-order valence-corrected chi connectivity index (χ1v) is 14.4. The first kappa shape index (κ1) is 29.1. The van der Waals surface area contributed by atoms with Crippen molar-refractivity contribution in [2.75, 3.05) is 37.9 Å². The van der Waals surface area contributed by atoms with E-state index < -0.39 is 0 Å². The van der Waals surface area contributed by atoms with Crippen molar-refractivity contribution in [3.05, 3.63) is 120 Å². The fourth-order valence-corrected chi connectivity index (χ4v) is 5.41. The van der Waals surface area contributed by atoms with E-state index in [1.54, 1.807) is 29.8 Å². The Kier molecular flexibility index (Phi) is 9.66. The van der Waals surface area contributed by atoms with Gasteiger partial charge in [0.2, 0.25) is 5.91 Å². The number of anilines is 2. The molecule has 0 aliphatic carbocycles. The van der Waals surface area contributed by atoms with Gasteiger partial charge in [-0.05, 0) is 61.1 Å². The number of aromatic nitrogens is 2. The fraction of sp³-hybridized carbons (Fsp3) is 0.182. The molecule has 2 N–H and O–H groups in total. The van der Waals surface area contributed by atoms with Crippen LogP contribution in [-0.4, -0.2) is 48.0 Å². The second-order valence-corrected chi connectivity index (χ2v) is 11.1. The number of nitrogens with one attached hydrogen (secondary N) is 2. The van der Waals surface area contributed by atoms with Gasteiger partial charge in [-0.1, -0.05) is 60.7 Å². The van der Waals surface area contributed by atoms with Crippen LogP contribution in [0.25, 0.3) is 20.7 Å². The van der Waals surface area contributed by atoms with Gasteiger partial charge in [0.1, 0.15) is 22.8 Å². The Bertz CT molecular complexity index is 1670. The van der Waals surface area contributed by atoms with Crippen molar-refractivity contribution in [1.29, 1.82) is 0 Å². The molecule has 1 unspecified atom stereocenters. The second kappa shape index (κ2) is 14.0. The van der Waals surface area contributed by atoms with E-state index in [9.17, 15) is 9.18 Å². The molecule has 9 heteroatoms. The molecular weight excluding hydrogens is 549 g/mol. The van der Waals surface area contributed by atoms with Gasteiger partial charge in [-0.15, -0.1) is 11.3 Å². The standard InChI is InChI=1S/C33H32FN5O2S/c1-39(2)16-8-15-31(40)37-27-14-7-12-25(18-27)30-19-28-32(35-22-36-33(28)42-30)38-29(24-10-4-3-5-11-24)21-41-20-23-9-6-13-26(34)17-23/h3-15,17-19,22,29H,16,20-21H2,1-2H3,(H,37,40)(H,35,36,38). The molecule has 0 aliphatic rings. The van der Waals surface area contributed by atoms with E-state index in [1.165, 1.54) is 12.1 Å². The van der Waals surface area contributed by atoms with E-state index in [0.717, 1.165) is 31.8 Å². The predicted molar refractivity (Wildman–Crippen MR) is 168 cm³/mol. The zero-order chi connectivity index (χ0) is 29.3. The molecule has 0 aliphatic heterocycles. The molecule has 0 bridgehead atoms. The van der Waals surface area contributed by atoms with Gasteiger partial charge in [-0.25, -0.2) is 14.4 Å². The molecule has 0 saturated carbocycles. The molecule has 214 valence electrons. The molecule has 0 saturated heterocycles. The van der Waals surface area contributed by atoms with Crippen LogP contribution < -0.4 is 10.6 Å². The van der Waals surface area contributed by atoms with Gasteiger partial charge in [0.05, 0.1) is 24.6 Å². The number of nitrogens with zero attached hydrogens (tertiary/aromatic N) is 3. The summed E-state index contributed by atoms with van der Waals surface area (Å²) < 4.78 is 19.6. The molecule has 3 aromatic carbocycles. The van der Waals surface area contributed by atoms with Crippen LogP contribution in [0.2, 0.25) is 0 Å². The number of likely N-dealkylation sites (N-methyl/N-ethyl adjacent to an activating group) is 1. The van der Waals surface area contributed by atoms with E-state index in [2.05, 4.69) is 26.7 Å². The van der Waals surface area contributed by atoms with Crippen LogP contribution in [0.4, 0.5) is 15.9 Å². The van der Waals surface area contributed by atoms with Gasteiger partial charge in [0.25, 0.3) is 0 Å². The molecule has 1 amide bonds. The summed E-state index contributed by atoms with van der Waals surface area (Å²) in [6.45, 7) is 1.34. The first-order valence-electron chi connectivity index (χ1n) is 13.6. The Morgan fingerprint density at radius 2 is 1.86 bits per heavy atom. The van der Waals surface area contributed by atoms with Gasteiger partial charge in [-0.3, -0.25) is 4.79 Å². The summed E-state index contributed by atoms with van der Waals surface area (Å²) >= 11 is 1.56. The number of amides is 1. The van der Waals surface area contributed by atoms with Crippen molar-refractivity contribution in [2.45, 2.75) is 12.6 Å². The third-order valence-corrected chi connectivity index (χ3v) is 7.53. The van der Waals surface area contributed by atoms with Crippen molar-refractivity contribution in [1.82, 2.24) is 14.9 Å². The van der Waals surface area contributed by atoms with E-state index in [0.29, 0.717) is 31.3 Å². The summed E-state index contributed by atoms with van der Waals surface area (Å²) in [4.78, 5) is 25.3. The normalized spacial score (nSPS) is 12.2. The summed E-state index contributed by atoms with van der Waals surface area (Å²) in [5.41, 5.74) is 3.50. The lowest BCUT2D eigenvalue weighted by Gasteiger charge is -2.20. The quantitative estimate of drug-likeness (QED) is 0.156. The minimum atomic E-state index is -0.282. The van der Waals surface area contributed by atoms with Crippen LogP contribution in [0.5, 0.6) is 0 Å². The third-order valence-electron chi connectivity index (χ3n) is 6.44. The summed E-state index contributed by atoms with van der Waals surface area (Å²) in [6, 6.07) is 26.1. The minimum Gasteiger partial charge on any atom is -0.374 e. The number of ether oxygens (including phenoxy) is 1. The van der Waals surface area contributed by atoms with Gasteiger partial charge in [0.15, 0.2) is 0 Å². The number of thiophene rings is 1. The minimum absolute atomic E-state index is 0.172. The number of halogens is 1. The zero-order valence-corrected chi connectivity index (χ0v) is 24.3. The summed E-state index contributed by atoms with van der Waals surface area (Å²) in [6.07, 6.45) is 4.93. The number of hydrogen-bond donors (Lipinski definition) is 2. The highest BCUT2D eigenvalue weighted by atomic mass is 32.1. The first-order chi connectivity index (χ1) is 20.4. The van der Waals surface area contributed by atoms with E-state index in [1.807, 2.05) is 85.7 Å². The van der Waals surface area contributed by atoms with Crippen LogP contribution >= 0.6 is 11.3 Å². The second-order valence-electron chi connectivity index (χ2n) is 10.0. The summed E-state index contributed by atoms with van der Waals surface area (Å²) in [7, 11) is 3.90. The molecular formula is C33H32FN5O2S. The Labute approximate surface area is 248 Å². The molecule has 0 spiro atoms. The Morgan fingerprint density at radius 3 is 2.67 bits per heavy atom. The molecule has 42 heavy (non-hydrogen) atoms. The van der Waals surface area contributed by atoms with E-state index in [-0.39, 0.29) is 17.8 Å². The highest BCUT2D eigenvalue weighted by Crippen LogP contribution is 2.36. The monoisotopic (exact) mass is 581 g/mol. The fourth-order valence-electron chi connectivity index (χ4n) is 4.41. The average Bonchev–Trinajstić information content (AvgIpc) is 3.43. The predicted octanol–water partition coefficient (Wildman–Crippen LogP) is 6.92. The Hall–Kier alpha value is -4.44. The smallest absolute Gasteiger partial charge is 0.248 e. The van der Waals surface area contributed by atoms with Crippen LogP contribution in [-0.2, 0) is 16.1 Å². The molecule has 7 nitrogen and oxygen atoms in total. The van der Waals surface area contributed by atoms with Crippen molar-refractivity contribution in [2.24, 2.45) is 0 Å². The molecule has 0 fully saturated rings. The lowest BCUT2D eigenvalue weighted by molar-refractivity contribution is -0.111. The van der Waals surface area contributed by atoms with Crippen LogP contribution in [0.15, 0.2) is 103 Å². The maximum atomic E-state index is 13.6. The molecule has 1 atom stereocenters. The van der Waals surface area contributed by atoms with Crippen molar-refractivity contribution in [3.63, 3.8) is 0 Å². The highest BCUT2D eigenvalue weighted by Gasteiger charge is 2.17. The lowest BCUT2D eigenvalue weighted by Crippen LogP contribution is -2.18. The molecule has 5 aromatic rings. The topological polar surface area (TPSA) is 79.4 Å². The van der Waals surface area contributed by atoms with Crippen LogP contribution in [0.3, 0.4) is 0 Å². The van der Waals surface area contributed by atoms with Gasteiger partial charge >= 0.3 is 0 Å². The van der Waals surface area contributed by atoms with E-state index >= 15 is 0 Å². The number of carbonyl (C=O) groups excluding carboxylic acids is 1. The van der Waals surface area contributed by atoms with Gasteiger partial charge < -0.3 is 20.3 Å². The van der Waals surface area contributed by atoms with Gasteiger partial charge in [0, 0.05) is 23.2 Å². The SMILES string of the molecule is CN(C)CC=CC(=O)Nc1cccc(-c2cc3c(NC(COCc4cccc(F)c4)c4ccccc4)ncnc3s2)c1. The Balaban J connectivity index is 1.34. The average molecular weight is 582 g/mol. The summed E-state index contributed by atoms with van der Waals surface area (Å²) in [5.74, 6) is 0.241. The van der Waals surface area contributed by atoms with Crippen molar-refractivity contribution < 1.29 is 13.9 Å². The maximum absolute atomic E-state index is 13.6. The Morgan fingerprint density at radius 1 is 1.02 bits per heavy atom. The number of carbonyl (C=O) groups is 1. The van der Waals surface area contributed by atoms with Crippen LogP contribution in [0.1, 0.15) is 17.2 Å². The zero-order valence-electron chi connectivity index (χ0n) is 23.5. The highest BCUT2D eigenvalue weighted by molar-refractivity contribution is 7.21. The lowest BCUT2D eigenvalue weighted by atomic mass is 10.1. The van der Waals surface area contributed by atoms with Crippen LogP contribution in [0, 0.1) is 5.82 Å². The molecule has 2 aromatic heterocycles. The largest absolute Gasteiger partial charge is 0.374 e. The van der Waals surface area contributed by atoms with Crippen molar-refractivity contribution in [3.8, 4) is 10.4 Å². The number of benzene rings is 3. The molecule has 0 radical (unpaired) electrons. The maximum Gasteiger partial charge on any atom is 0.248 e. The summed E-state index contributed by atoms with van der Waals surface area (Å²) in [5, 5.41) is 7.38. The van der Waals surface area contributed by atoms with Crippen molar-refractivity contribution >= 4 is 39.0 Å². The number of hydrogen-bond acceptors (Lipinski definition) is 7.